The van der Waals surface area contributed by atoms with E-state index < -0.39 is 16.6 Å². The monoisotopic (exact) mass is 299 g/mol. The lowest BCUT2D eigenvalue weighted by Gasteiger charge is -2.39. The van der Waals surface area contributed by atoms with Gasteiger partial charge in [-0.2, -0.15) is 0 Å². The Hall–Kier alpha value is -0.820. The van der Waals surface area contributed by atoms with E-state index in [9.17, 15) is 8.60 Å². The van der Waals surface area contributed by atoms with Crippen molar-refractivity contribution in [3.05, 3.63) is 30.1 Å². The first-order chi connectivity index (χ1) is 9.60. The van der Waals surface area contributed by atoms with E-state index in [1.54, 1.807) is 12.1 Å². The van der Waals surface area contributed by atoms with Gasteiger partial charge in [-0.1, -0.05) is 0 Å². The fourth-order valence-electron chi connectivity index (χ4n) is 2.87. The molecule has 3 unspecified atom stereocenters. The molecule has 2 N–H and O–H groups in total. The predicted molar refractivity (Wildman–Crippen MR) is 73.1 cm³/mol. The van der Waals surface area contributed by atoms with Gasteiger partial charge < -0.3 is 15.2 Å². The van der Waals surface area contributed by atoms with Gasteiger partial charge in [0.15, 0.2) is 5.79 Å². The zero-order chi connectivity index (χ0) is 14.2. The maximum atomic E-state index is 12.9. The van der Waals surface area contributed by atoms with Gasteiger partial charge in [0.25, 0.3) is 0 Å². The molecule has 0 radical (unpaired) electrons. The molecule has 1 aliphatic heterocycles. The number of benzene rings is 1. The Morgan fingerprint density at radius 2 is 1.90 bits per heavy atom. The first kappa shape index (κ1) is 14.1. The molecule has 1 aliphatic carbocycles. The van der Waals surface area contributed by atoms with Crippen molar-refractivity contribution >= 4 is 10.8 Å². The molecule has 4 nitrogen and oxygen atoms in total. The van der Waals surface area contributed by atoms with Crippen LogP contribution in [-0.4, -0.2) is 34.5 Å². The second-order valence-corrected chi connectivity index (χ2v) is 6.98. The van der Waals surface area contributed by atoms with Crippen molar-refractivity contribution in [2.24, 2.45) is 5.73 Å². The van der Waals surface area contributed by atoms with E-state index in [-0.39, 0.29) is 17.1 Å². The Morgan fingerprint density at radius 1 is 1.25 bits per heavy atom. The number of rotatable bonds is 2. The fourth-order valence-corrected chi connectivity index (χ4v) is 4.48. The van der Waals surface area contributed by atoms with Crippen molar-refractivity contribution < 1.29 is 18.1 Å². The highest BCUT2D eigenvalue weighted by atomic mass is 32.2. The molecule has 6 heteroatoms. The van der Waals surface area contributed by atoms with Crippen LogP contribution < -0.4 is 5.73 Å². The summed E-state index contributed by atoms with van der Waals surface area (Å²) in [5, 5.41) is -0.229. The Labute approximate surface area is 119 Å². The third-order valence-corrected chi connectivity index (χ3v) is 5.79. The molecular weight excluding hydrogens is 281 g/mol. The lowest BCUT2D eigenvalue weighted by Crippen LogP contribution is -2.50. The number of hydrogen-bond acceptors (Lipinski definition) is 4. The van der Waals surface area contributed by atoms with Gasteiger partial charge >= 0.3 is 0 Å². The van der Waals surface area contributed by atoms with Crippen LogP contribution in [-0.2, 0) is 20.3 Å². The molecule has 0 aromatic heterocycles. The van der Waals surface area contributed by atoms with Crippen molar-refractivity contribution in [1.29, 1.82) is 0 Å². The van der Waals surface area contributed by atoms with Crippen molar-refractivity contribution in [2.45, 2.75) is 41.2 Å². The average molecular weight is 299 g/mol. The molecule has 3 rings (SSSR count). The van der Waals surface area contributed by atoms with Gasteiger partial charge in [0, 0.05) is 23.8 Å². The normalized spacial score (nSPS) is 30.5. The van der Waals surface area contributed by atoms with E-state index in [0.29, 0.717) is 24.5 Å². The summed E-state index contributed by atoms with van der Waals surface area (Å²) in [6.45, 7) is 1.15. The molecule has 20 heavy (non-hydrogen) atoms. The van der Waals surface area contributed by atoms with Crippen LogP contribution in [0.3, 0.4) is 0 Å². The molecule has 3 atom stereocenters. The minimum Gasteiger partial charge on any atom is -0.347 e. The van der Waals surface area contributed by atoms with Crippen LogP contribution >= 0.6 is 0 Å². The van der Waals surface area contributed by atoms with Gasteiger partial charge in [-0.25, -0.2) is 4.39 Å². The second-order valence-electron chi connectivity index (χ2n) is 5.30. The average Bonchev–Trinajstić information content (AvgIpc) is 2.90. The lowest BCUT2D eigenvalue weighted by molar-refractivity contribution is -0.177. The Morgan fingerprint density at radius 3 is 2.55 bits per heavy atom. The zero-order valence-corrected chi connectivity index (χ0v) is 11.9. The van der Waals surface area contributed by atoms with Crippen LogP contribution in [0, 0.1) is 5.82 Å². The highest BCUT2D eigenvalue weighted by Gasteiger charge is 2.46. The van der Waals surface area contributed by atoms with Crippen molar-refractivity contribution in [3.8, 4) is 0 Å². The number of halogens is 1. The van der Waals surface area contributed by atoms with E-state index in [0.717, 1.165) is 12.8 Å². The molecule has 110 valence electrons. The first-order valence-electron chi connectivity index (χ1n) is 6.79. The van der Waals surface area contributed by atoms with E-state index >= 15 is 0 Å². The van der Waals surface area contributed by atoms with E-state index in [2.05, 4.69) is 0 Å². The Bertz CT molecular complexity index is 502. The molecular formula is C14H18FNO3S. The third-order valence-electron chi connectivity index (χ3n) is 3.98. The topological polar surface area (TPSA) is 61.6 Å². The summed E-state index contributed by atoms with van der Waals surface area (Å²) in [6.07, 6.45) is 1.99. The quantitative estimate of drug-likeness (QED) is 0.900. The van der Waals surface area contributed by atoms with Gasteiger partial charge in [0.1, 0.15) is 5.82 Å². The minimum atomic E-state index is -1.28. The van der Waals surface area contributed by atoms with Gasteiger partial charge in [-0.3, -0.25) is 4.21 Å². The molecule has 1 aromatic carbocycles. The highest BCUT2D eigenvalue weighted by molar-refractivity contribution is 7.85. The molecule has 1 saturated carbocycles. The number of ether oxygens (including phenoxy) is 2. The Kier molecular flexibility index (Phi) is 3.90. The lowest BCUT2D eigenvalue weighted by atomic mass is 9.90. The second kappa shape index (κ2) is 5.52. The predicted octanol–water partition coefficient (Wildman–Crippen LogP) is 1.56. The number of hydrogen-bond donors (Lipinski definition) is 1. The van der Waals surface area contributed by atoms with E-state index in [4.69, 9.17) is 15.2 Å². The third kappa shape index (κ3) is 2.65. The van der Waals surface area contributed by atoms with Crippen molar-refractivity contribution in [2.75, 3.05) is 13.2 Å². The van der Waals surface area contributed by atoms with Crippen LogP contribution in [0.5, 0.6) is 0 Å². The van der Waals surface area contributed by atoms with Crippen LogP contribution in [0.25, 0.3) is 0 Å². The number of nitrogens with two attached hydrogens (primary N) is 1. The van der Waals surface area contributed by atoms with Crippen LogP contribution in [0.15, 0.2) is 29.2 Å². The molecule has 0 bridgehead atoms. The maximum absolute atomic E-state index is 12.9. The molecule has 1 heterocycles. The highest BCUT2D eigenvalue weighted by Crippen LogP contribution is 2.38. The summed E-state index contributed by atoms with van der Waals surface area (Å²) in [6, 6.07) is 5.59. The maximum Gasteiger partial charge on any atom is 0.169 e. The van der Waals surface area contributed by atoms with Crippen LogP contribution in [0.2, 0.25) is 0 Å². The van der Waals surface area contributed by atoms with Gasteiger partial charge in [-0.15, -0.1) is 0 Å². The molecule has 1 aromatic rings. The summed E-state index contributed by atoms with van der Waals surface area (Å²) in [5.74, 6) is -0.950. The van der Waals surface area contributed by atoms with E-state index in [1.807, 2.05) is 0 Å². The summed E-state index contributed by atoms with van der Waals surface area (Å²) in [5.41, 5.74) is 6.12. The molecule has 0 amide bonds. The minimum absolute atomic E-state index is 0.153. The summed E-state index contributed by atoms with van der Waals surface area (Å²) in [7, 11) is -1.28. The Balaban J connectivity index is 1.80. The van der Waals surface area contributed by atoms with Gasteiger partial charge in [0.2, 0.25) is 0 Å². The molecule has 2 aliphatic rings. The molecule has 2 fully saturated rings. The van der Waals surface area contributed by atoms with E-state index in [1.165, 1.54) is 12.1 Å². The fraction of sp³-hybridized carbons (Fsp3) is 0.571. The van der Waals surface area contributed by atoms with Crippen LogP contribution in [0.1, 0.15) is 19.3 Å². The van der Waals surface area contributed by atoms with Gasteiger partial charge in [-0.05, 0) is 30.7 Å². The summed E-state index contributed by atoms with van der Waals surface area (Å²) < 4.78 is 37.0. The first-order valence-corrected chi connectivity index (χ1v) is 8.01. The molecule has 1 saturated heterocycles. The van der Waals surface area contributed by atoms with Crippen molar-refractivity contribution in [3.63, 3.8) is 0 Å². The zero-order valence-electron chi connectivity index (χ0n) is 11.1. The summed E-state index contributed by atoms with van der Waals surface area (Å²) >= 11 is 0. The SMILES string of the molecule is NC1CCC2(CC1S(=O)c1ccc(F)cc1)OCCO2. The summed E-state index contributed by atoms with van der Waals surface area (Å²) in [4.78, 5) is 0.599. The smallest absolute Gasteiger partial charge is 0.169 e. The standard InChI is InChI=1S/C14H18FNO3S/c15-10-1-3-11(4-2-10)20(17)13-9-14(6-5-12(13)16)18-7-8-19-14/h1-4,12-13H,5-9,16H2. The van der Waals surface area contributed by atoms with Gasteiger partial charge in [0.05, 0.1) is 29.3 Å². The van der Waals surface area contributed by atoms with Crippen molar-refractivity contribution in [1.82, 2.24) is 0 Å². The van der Waals surface area contributed by atoms with Crippen LogP contribution in [0.4, 0.5) is 4.39 Å². The largest absolute Gasteiger partial charge is 0.347 e. The molecule has 1 spiro atoms.